The van der Waals surface area contributed by atoms with Gasteiger partial charge in [-0.15, -0.1) is 0 Å². The van der Waals surface area contributed by atoms with E-state index >= 15 is 0 Å². The number of piperazine rings is 1. The number of halogens is 1. The number of benzene rings is 3. The molecule has 4 heteroatoms. The SMILES string of the molecule is O=C(c1ccccc1)N1CCN([C@H](c2ccccc2)c2ccc(Cl)cc2)CC1. The zero-order valence-electron chi connectivity index (χ0n) is 15.7. The molecule has 0 aromatic heterocycles. The summed E-state index contributed by atoms with van der Waals surface area (Å²) < 4.78 is 0. The fraction of sp³-hybridized carbons (Fsp3) is 0.208. The molecular formula is C24H23ClN2O. The van der Waals surface area contributed by atoms with Gasteiger partial charge in [-0.1, -0.05) is 72.3 Å². The summed E-state index contributed by atoms with van der Waals surface area (Å²) in [5.41, 5.74) is 3.24. The Morgan fingerprint density at radius 3 is 1.86 bits per heavy atom. The minimum Gasteiger partial charge on any atom is -0.336 e. The number of carbonyl (C=O) groups is 1. The van der Waals surface area contributed by atoms with Gasteiger partial charge in [-0.05, 0) is 35.4 Å². The van der Waals surface area contributed by atoms with Crippen LogP contribution in [0, 0.1) is 0 Å². The van der Waals surface area contributed by atoms with E-state index in [4.69, 9.17) is 11.6 Å². The van der Waals surface area contributed by atoms with Crippen LogP contribution in [0.25, 0.3) is 0 Å². The standard InChI is InChI=1S/C24H23ClN2O/c25-22-13-11-20(12-14-22)23(19-7-3-1-4-8-19)26-15-17-27(18-16-26)24(28)21-9-5-2-6-10-21/h1-14,23H,15-18H2/t23-/m1/s1. The van der Waals surface area contributed by atoms with Gasteiger partial charge in [0.2, 0.25) is 0 Å². The van der Waals surface area contributed by atoms with Gasteiger partial charge in [0, 0.05) is 36.8 Å². The highest BCUT2D eigenvalue weighted by atomic mass is 35.5. The van der Waals surface area contributed by atoms with Crippen LogP contribution in [0.3, 0.4) is 0 Å². The molecule has 142 valence electrons. The molecule has 0 saturated carbocycles. The monoisotopic (exact) mass is 390 g/mol. The van der Waals surface area contributed by atoms with E-state index in [1.54, 1.807) is 0 Å². The van der Waals surface area contributed by atoms with Crippen molar-refractivity contribution in [1.82, 2.24) is 9.80 Å². The summed E-state index contributed by atoms with van der Waals surface area (Å²) in [4.78, 5) is 17.2. The largest absolute Gasteiger partial charge is 0.336 e. The normalized spacial score (nSPS) is 16.0. The molecule has 1 fully saturated rings. The lowest BCUT2D eigenvalue weighted by Gasteiger charge is -2.39. The molecule has 1 aliphatic heterocycles. The van der Waals surface area contributed by atoms with Crippen molar-refractivity contribution >= 4 is 17.5 Å². The second-order valence-electron chi connectivity index (χ2n) is 7.06. The Balaban J connectivity index is 1.53. The highest BCUT2D eigenvalue weighted by Gasteiger charge is 2.28. The van der Waals surface area contributed by atoms with E-state index in [-0.39, 0.29) is 11.9 Å². The van der Waals surface area contributed by atoms with Crippen LogP contribution >= 0.6 is 11.6 Å². The van der Waals surface area contributed by atoms with E-state index in [0.29, 0.717) is 0 Å². The summed E-state index contributed by atoms with van der Waals surface area (Å²) in [5.74, 6) is 0.114. The Bertz CT molecular complexity index is 904. The van der Waals surface area contributed by atoms with Crippen molar-refractivity contribution in [3.8, 4) is 0 Å². The van der Waals surface area contributed by atoms with E-state index in [1.165, 1.54) is 11.1 Å². The molecule has 28 heavy (non-hydrogen) atoms. The van der Waals surface area contributed by atoms with Gasteiger partial charge in [0.25, 0.3) is 5.91 Å². The molecule has 4 rings (SSSR count). The average molecular weight is 391 g/mol. The van der Waals surface area contributed by atoms with Crippen LogP contribution in [0.5, 0.6) is 0 Å². The molecule has 3 aromatic carbocycles. The lowest BCUT2D eigenvalue weighted by atomic mass is 9.96. The van der Waals surface area contributed by atoms with Crippen molar-refractivity contribution in [3.05, 3.63) is 107 Å². The fourth-order valence-corrected chi connectivity index (χ4v) is 3.97. The fourth-order valence-electron chi connectivity index (χ4n) is 3.84. The van der Waals surface area contributed by atoms with Crippen LogP contribution in [-0.4, -0.2) is 41.9 Å². The average Bonchev–Trinajstić information content (AvgIpc) is 2.77. The number of rotatable bonds is 4. The van der Waals surface area contributed by atoms with Gasteiger partial charge in [-0.25, -0.2) is 0 Å². The third-order valence-corrected chi connectivity index (χ3v) is 5.54. The molecule has 0 unspecified atom stereocenters. The second kappa shape index (κ2) is 8.59. The number of amides is 1. The van der Waals surface area contributed by atoms with Gasteiger partial charge in [0.1, 0.15) is 0 Å². The molecule has 1 amide bonds. The van der Waals surface area contributed by atoms with Crippen LogP contribution in [0.2, 0.25) is 5.02 Å². The van der Waals surface area contributed by atoms with E-state index in [1.807, 2.05) is 53.4 Å². The molecule has 1 saturated heterocycles. The summed E-state index contributed by atoms with van der Waals surface area (Å²) in [5, 5.41) is 0.744. The molecule has 0 aliphatic carbocycles. The van der Waals surface area contributed by atoms with Crippen LogP contribution in [0.1, 0.15) is 27.5 Å². The molecule has 3 nitrogen and oxygen atoms in total. The van der Waals surface area contributed by atoms with Crippen LogP contribution in [0.4, 0.5) is 0 Å². The number of hydrogen-bond acceptors (Lipinski definition) is 2. The van der Waals surface area contributed by atoms with E-state index in [9.17, 15) is 4.79 Å². The van der Waals surface area contributed by atoms with Gasteiger partial charge in [0.15, 0.2) is 0 Å². The molecular weight excluding hydrogens is 368 g/mol. The molecule has 0 bridgehead atoms. The molecule has 3 aromatic rings. The predicted octanol–water partition coefficient (Wildman–Crippen LogP) is 4.89. The first kappa shape index (κ1) is 18.7. The maximum Gasteiger partial charge on any atom is 0.253 e. The van der Waals surface area contributed by atoms with Gasteiger partial charge in [-0.3, -0.25) is 9.69 Å². The van der Waals surface area contributed by atoms with Crippen molar-refractivity contribution in [3.63, 3.8) is 0 Å². The van der Waals surface area contributed by atoms with Crippen LogP contribution < -0.4 is 0 Å². The summed E-state index contributed by atoms with van der Waals surface area (Å²) in [6.45, 7) is 3.12. The molecule has 0 spiro atoms. The van der Waals surface area contributed by atoms with Crippen LogP contribution in [-0.2, 0) is 0 Å². The zero-order chi connectivity index (χ0) is 19.3. The Hall–Kier alpha value is -2.62. The van der Waals surface area contributed by atoms with Crippen LogP contribution in [0.15, 0.2) is 84.9 Å². The third-order valence-electron chi connectivity index (χ3n) is 5.29. The number of hydrogen-bond donors (Lipinski definition) is 0. The van der Waals surface area contributed by atoms with E-state index in [0.717, 1.165) is 36.8 Å². The lowest BCUT2D eigenvalue weighted by molar-refractivity contribution is 0.0597. The molecule has 1 aliphatic rings. The van der Waals surface area contributed by atoms with Gasteiger partial charge >= 0.3 is 0 Å². The minimum atomic E-state index is 0.114. The van der Waals surface area contributed by atoms with Crippen molar-refractivity contribution in [2.24, 2.45) is 0 Å². The Morgan fingerprint density at radius 1 is 0.714 bits per heavy atom. The Labute approximate surface area is 171 Å². The smallest absolute Gasteiger partial charge is 0.253 e. The maximum atomic E-state index is 12.7. The third kappa shape index (κ3) is 4.11. The summed E-state index contributed by atoms with van der Waals surface area (Å²) in [6, 6.07) is 28.3. The predicted molar refractivity (Wildman–Crippen MR) is 114 cm³/mol. The summed E-state index contributed by atoms with van der Waals surface area (Å²) in [6.07, 6.45) is 0. The highest BCUT2D eigenvalue weighted by molar-refractivity contribution is 6.30. The first-order valence-electron chi connectivity index (χ1n) is 9.61. The van der Waals surface area contributed by atoms with Gasteiger partial charge in [0.05, 0.1) is 6.04 Å². The van der Waals surface area contributed by atoms with Gasteiger partial charge < -0.3 is 4.90 Å². The second-order valence-corrected chi connectivity index (χ2v) is 7.50. The van der Waals surface area contributed by atoms with Crippen molar-refractivity contribution in [1.29, 1.82) is 0 Å². The van der Waals surface area contributed by atoms with Gasteiger partial charge in [-0.2, -0.15) is 0 Å². The topological polar surface area (TPSA) is 23.6 Å². The highest BCUT2D eigenvalue weighted by Crippen LogP contribution is 2.30. The summed E-state index contributed by atoms with van der Waals surface area (Å²) >= 11 is 6.10. The van der Waals surface area contributed by atoms with Crippen molar-refractivity contribution in [2.45, 2.75) is 6.04 Å². The summed E-state index contributed by atoms with van der Waals surface area (Å²) in [7, 11) is 0. The molecule has 1 heterocycles. The Kier molecular flexibility index (Phi) is 5.75. The van der Waals surface area contributed by atoms with Crippen molar-refractivity contribution in [2.75, 3.05) is 26.2 Å². The van der Waals surface area contributed by atoms with Crippen molar-refractivity contribution < 1.29 is 4.79 Å². The minimum absolute atomic E-state index is 0.114. The maximum absolute atomic E-state index is 12.7. The lowest BCUT2D eigenvalue weighted by Crippen LogP contribution is -2.49. The molecule has 0 radical (unpaired) electrons. The van der Waals surface area contributed by atoms with E-state index in [2.05, 4.69) is 41.3 Å². The molecule has 0 N–H and O–H groups in total. The zero-order valence-corrected chi connectivity index (χ0v) is 16.4. The van der Waals surface area contributed by atoms with E-state index < -0.39 is 0 Å². The first-order chi connectivity index (χ1) is 13.7. The first-order valence-corrected chi connectivity index (χ1v) is 9.99. The molecule has 1 atom stereocenters. The quantitative estimate of drug-likeness (QED) is 0.633. The number of nitrogens with zero attached hydrogens (tertiary/aromatic N) is 2. The number of carbonyl (C=O) groups excluding carboxylic acids is 1. The Morgan fingerprint density at radius 2 is 1.25 bits per heavy atom.